The van der Waals surface area contributed by atoms with Gasteiger partial charge in [0.05, 0.1) is 0 Å². The third-order valence-electron chi connectivity index (χ3n) is 3.66. The van der Waals surface area contributed by atoms with Crippen molar-refractivity contribution >= 4 is 22.3 Å². The van der Waals surface area contributed by atoms with E-state index in [4.69, 9.17) is 11.5 Å². The van der Waals surface area contributed by atoms with E-state index in [1.54, 1.807) is 0 Å². The number of hydrogen-bond acceptors (Lipinski definition) is 4. The highest BCUT2D eigenvalue weighted by Crippen LogP contribution is 2.29. The highest BCUT2D eigenvalue weighted by molar-refractivity contribution is 5.99. The summed E-state index contributed by atoms with van der Waals surface area (Å²) in [6, 6.07) is 8.31. The van der Waals surface area contributed by atoms with Crippen LogP contribution in [0.25, 0.3) is 10.8 Å². The average Bonchev–Trinajstić information content (AvgIpc) is 2.40. The van der Waals surface area contributed by atoms with Crippen LogP contribution in [-0.4, -0.2) is 24.1 Å². The van der Waals surface area contributed by atoms with Crippen LogP contribution >= 0.6 is 0 Å². The van der Waals surface area contributed by atoms with Gasteiger partial charge in [0.1, 0.15) is 5.82 Å². The third-order valence-corrected chi connectivity index (χ3v) is 3.66. The second-order valence-corrected chi connectivity index (χ2v) is 4.90. The summed E-state index contributed by atoms with van der Waals surface area (Å²) < 4.78 is 0. The minimum atomic E-state index is 0.335. The van der Waals surface area contributed by atoms with E-state index in [1.807, 2.05) is 24.4 Å². The average molecular weight is 242 g/mol. The molecule has 4 N–H and O–H groups in total. The van der Waals surface area contributed by atoms with Gasteiger partial charge in [0, 0.05) is 41.8 Å². The van der Waals surface area contributed by atoms with E-state index >= 15 is 0 Å². The maximum Gasteiger partial charge on any atom is 0.136 e. The smallest absolute Gasteiger partial charge is 0.136 e. The standard InChI is InChI=1S/C14H18N4/c15-10-5-8-18(9-6-10)14-12-2-1-3-13(16)11(12)4-7-17-14/h1-4,7,10H,5-6,8-9,15-16H2. The zero-order chi connectivity index (χ0) is 12.5. The lowest BCUT2D eigenvalue weighted by Crippen LogP contribution is -2.40. The maximum atomic E-state index is 6.01. The molecule has 1 aromatic heterocycles. The summed E-state index contributed by atoms with van der Waals surface area (Å²) in [5.41, 5.74) is 12.8. The van der Waals surface area contributed by atoms with Gasteiger partial charge in [-0.3, -0.25) is 0 Å². The Balaban J connectivity index is 2.04. The van der Waals surface area contributed by atoms with Gasteiger partial charge in [-0.1, -0.05) is 12.1 Å². The van der Waals surface area contributed by atoms with Gasteiger partial charge in [0.25, 0.3) is 0 Å². The minimum Gasteiger partial charge on any atom is -0.398 e. The molecule has 0 unspecified atom stereocenters. The first-order valence-electron chi connectivity index (χ1n) is 6.39. The van der Waals surface area contributed by atoms with Gasteiger partial charge >= 0.3 is 0 Å². The molecule has 94 valence electrons. The van der Waals surface area contributed by atoms with Crippen LogP contribution < -0.4 is 16.4 Å². The summed E-state index contributed by atoms with van der Waals surface area (Å²) in [6.07, 6.45) is 3.89. The number of pyridine rings is 1. The van der Waals surface area contributed by atoms with E-state index in [0.717, 1.165) is 48.2 Å². The van der Waals surface area contributed by atoms with Crippen LogP contribution in [0.2, 0.25) is 0 Å². The first kappa shape index (κ1) is 11.3. The minimum absolute atomic E-state index is 0.335. The Bertz CT molecular complexity index is 559. The summed E-state index contributed by atoms with van der Waals surface area (Å²) in [4.78, 5) is 6.84. The molecule has 18 heavy (non-hydrogen) atoms. The molecule has 0 radical (unpaired) electrons. The van der Waals surface area contributed by atoms with Crippen LogP contribution in [0.3, 0.4) is 0 Å². The van der Waals surface area contributed by atoms with Crippen LogP contribution in [0.5, 0.6) is 0 Å². The second-order valence-electron chi connectivity index (χ2n) is 4.90. The van der Waals surface area contributed by atoms with Crippen molar-refractivity contribution in [1.29, 1.82) is 0 Å². The van der Waals surface area contributed by atoms with Gasteiger partial charge in [0.2, 0.25) is 0 Å². The zero-order valence-electron chi connectivity index (χ0n) is 10.3. The number of hydrogen-bond donors (Lipinski definition) is 2. The molecule has 0 spiro atoms. The van der Waals surface area contributed by atoms with Gasteiger partial charge in [0.15, 0.2) is 0 Å². The molecule has 0 aliphatic carbocycles. The van der Waals surface area contributed by atoms with Crippen molar-refractivity contribution in [3.8, 4) is 0 Å². The fraction of sp³-hybridized carbons (Fsp3) is 0.357. The third kappa shape index (κ3) is 1.88. The highest BCUT2D eigenvalue weighted by Gasteiger charge is 2.19. The quantitative estimate of drug-likeness (QED) is 0.747. The molecule has 1 aromatic carbocycles. The molecular weight excluding hydrogens is 224 g/mol. The van der Waals surface area contributed by atoms with E-state index in [2.05, 4.69) is 16.0 Å². The van der Waals surface area contributed by atoms with Crippen LogP contribution in [0.15, 0.2) is 30.5 Å². The highest BCUT2D eigenvalue weighted by atomic mass is 15.2. The van der Waals surface area contributed by atoms with Gasteiger partial charge < -0.3 is 16.4 Å². The van der Waals surface area contributed by atoms with Crippen molar-refractivity contribution in [1.82, 2.24) is 4.98 Å². The zero-order valence-corrected chi connectivity index (χ0v) is 10.3. The number of nitrogen functional groups attached to an aromatic ring is 1. The summed E-state index contributed by atoms with van der Waals surface area (Å²) in [5, 5.41) is 2.21. The van der Waals surface area contributed by atoms with Crippen LogP contribution in [0.1, 0.15) is 12.8 Å². The Hall–Kier alpha value is -1.81. The molecule has 4 heteroatoms. The van der Waals surface area contributed by atoms with Crippen molar-refractivity contribution < 1.29 is 0 Å². The van der Waals surface area contributed by atoms with E-state index in [1.165, 1.54) is 0 Å². The largest absolute Gasteiger partial charge is 0.398 e. The Kier molecular flexibility index (Phi) is 2.80. The van der Waals surface area contributed by atoms with Gasteiger partial charge in [-0.25, -0.2) is 4.98 Å². The lowest BCUT2D eigenvalue weighted by atomic mass is 10.0. The number of piperidine rings is 1. The summed E-state index contributed by atoms with van der Waals surface area (Å²) >= 11 is 0. The number of aromatic nitrogens is 1. The molecule has 0 amide bonds. The molecular formula is C14H18N4. The number of benzene rings is 1. The lowest BCUT2D eigenvalue weighted by molar-refractivity contribution is 0.499. The first-order valence-corrected chi connectivity index (χ1v) is 6.39. The molecule has 1 fully saturated rings. The topological polar surface area (TPSA) is 68.2 Å². The van der Waals surface area contributed by atoms with Crippen molar-refractivity contribution in [2.75, 3.05) is 23.7 Å². The Morgan fingerprint density at radius 3 is 2.67 bits per heavy atom. The predicted molar refractivity (Wildman–Crippen MR) is 75.6 cm³/mol. The lowest BCUT2D eigenvalue weighted by Gasteiger charge is -2.31. The predicted octanol–water partition coefficient (Wildman–Crippen LogP) is 1.74. The number of nitrogens with two attached hydrogens (primary N) is 2. The molecule has 2 heterocycles. The first-order chi connectivity index (χ1) is 8.75. The van der Waals surface area contributed by atoms with Crippen LogP contribution in [-0.2, 0) is 0 Å². The normalized spacial score (nSPS) is 17.3. The fourth-order valence-electron chi connectivity index (χ4n) is 2.58. The second kappa shape index (κ2) is 4.46. The van der Waals surface area contributed by atoms with Crippen molar-refractivity contribution in [2.45, 2.75) is 18.9 Å². The van der Waals surface area contributed by atoms with Gasteiger partial charge in [-0.2, -0.15) is 0 Å². The number of nitrogens with zero attached hydrogens (tertiary/aromatic N) is 2. The van der Waals surface area contributed by atoms with Crippen molar-refractivity contribution in [3.05, 3.63) is 30.5 Å². The molecule has 3 rings (SSSR count). The number of rotatable bonds is 1. The molecule has 0 bridgehead atoms. The van der Waals surface area contributed by atoms with Gasteiger partial charge in [-0.05, 0) is 25.0 Å². The van der Waals surface area contributed by atoms with Crippen molar-refractivity contribution in [2.24, 2.45) is 5.73 Å². The molecule has 1 saturated heterocycles. The molecule has 4 nitrogen and oxygen atoms in total. The maximum absolute atomic E-state index is 6.01. The Morgan fingerprint density at radius 1 is 1.11 bits per heavy atom. The van der Waals surface area contributed by atoms with Gasteiger partial charge in [-0.15, -0.1) is 0 Å². The van der Waals surface area contributed by atoms with Crippen LogP contribution in [0.4, 0.5) is 11.5 Å². The Morgan fingerprint density at radius 2 is 1.89 bits per heavy atom. The number of anilines is 2. The van der Waals surface area contributed by atoms with Crippen molar-refractivity contribution in [3.63, 3.8) is 0 Å². The van der Waals surface area contributed by atoms with Crippen LogP contribution in [0, 0.1) is 0 Å². The summed E-state index contributed by atoms with van der Waals surface area (Å²) in [5.74, 6) is 1.03. The van der Waals surface area contributed by atoms with E-state index in [-0.39, 0.29) is 0 Å². The number of fused-ring (bicyclic) bond motifs is 1. The SMILES string of the molecule is Nc1cccc2c(N3CCC(N)CC3)nccc12. The molecule has 1 aliphatic heterocycles. The monoisotopic (exact) mass is 242 g/mol. The van der Waals surface area contributed by atoms with E-state index in [0.29, 0.717) is 6.04 Å². The molecule has 1 aliphatic rings. The van der Waals surface area contributed by atoms with E-state index < -0.39 is 0 Å². The fourth-order valence-corrected chi connectivity index (χ4v) is 2.58. The van der Waals surface area contributed by atoms with E-state index in [9.17, 15) is 0 Å². The summed E-state index contributed by atoms with van der Waals surface area (Å²) in [6.45, 7) is 1.95. The summed E-state index contributed by atoms with van der Waals surface area (Å²) in [7, 11) is 0. The molecule has 2 aromatic rings. The molecule has 0 atom stereocenters. The molecule has 0 saturated carbocycles. The Labute approximate surface area is 107 Å².